The van der Waals surface area contributed by atoms with Gasteiger partial charge in [0.2, 0.25) is 5.88 Å². The molecule has 16 heavy (non-hydrogen) atoms. The van der Waals surface area contributed by atoms with Crippen molar-refractivity contribution < 1.29 is 4.74 Å². The van der Waals surface area contributed by atoms with Gasteiger partial charge in [-0.25, -0.2) is 4.98 Å². The molecule has 1 N–H and O–H groups in total. The minimum absolute atomic E-state index is 0.650. The molecule has 0 amide bonds. The lowest BCUT2D eigenvalue weighted by Crippen LogP contribution is -2.06. The van der Waals surface area contributed by atoms with Crippen LogP contribution in [0.15, 0.2) is 18.3 Å². The summed E-state index contributed by atoms with van der Waals surface area (Å²) in [6.07, 6.45) is 2.92. The molecule has 0 aliphatic carbocycles. The molecule has 90 valence electrons. The van der Waals surface area contributed by atoms with E-state index >= 15 is 0 Å². The van der Waals surface area contributed by atoms with Crippen molar-refractivity contribution in [3.63, 3.8) is 0 Å². The Labute approximate surface area is 102 Å². The van der Waals surface area contributed by atoms with E-state index < -0.39 is 0 Å². The summed E-state index contributed by atoms with van der Waals surface area (Å²) in [6, 6.07) is 3.93. The van der Waals surface area contributed by atoms with E-state index in [1.54, 1.807) is 6.20 Å². The highest BCUT2D eigenvalue weighted by atomic mass is 32.2. The molecule has 0 fully saturated rings. The van der Waals surface area contributed by atoms with Crippen LogP contribution in [-0.2, 0) is 0 Å². The van der Waals surface area contributed by atoms with Gasteiger partial charge < -0.3 is 10.1 Å². The van der Waals surface area contributed by atoms with E-state index in [0.717, 1.165) is 12.2 Å². The highest BCUT2D eigenvalue weighted by Gasteiger charge is 2.02. The molecule has 0 bridgehead atoms. The van der Waals surface area contributed by atoms with Gasteiger partial charge in [-0.2, -0.15) is 11.8 Å². The van der Waals surface area contributed by atoms with Gasteiger partial charge in [-0.1, -0.05) is 6.92 Å². The van der Waals surface area contributed by atoms with Gasteiger partial charge in [0, 0.05) is 12.7 Å². The second kappa shape index (κ2) is 8.28. The average molecular weight is 240 g/mol. The summed E-state index contributed by atoms with van der Waals surface area (Å²) in [6.45, 7) is 5.78. The fourth-order valence-electron chi connectivity index (χ4n) is 1.32. The zero-order valence-electron chi connectivity index (χ0n) is 10.0. The van der Waals surface area contributed by atoms with Crippen molar-refractivity contribution in [3.8, 4) is 5.88 Å². The third-order valence-electron chi connectivity index (χ3n) is 2.04. The lowest BCUT2D eigenvalue weighted by Gasteiger charge is -2.10. The Morgan fingerprint density at radius 1 is 1.44 bits per heavy atom. The summed E-state index contributed by atoms with van der Waals surface area (Å²) in [4.78, 5) is 4.19. The Morgan fingerprint density at radius 3 is 3.06 bits per heavy atom. The van der Waals surface area contributed by atoms with Crippen molar-refractivity contribution in [2.45, 2.75) is 20.3 Å². The quantitative estimate of drug-likeness (QED) is 0.708. The first-order chi connectivity index (χ1) is 7.88. The van der Waals surface area contributed by atoms with E-state index in [0.29, 0.717) is 12.5 Å². The Morgan fingerprint density at radius 2 is 2.31 bits per heavy atom. The van der Waals surface area contributed by atoms with Gasteiger partial charge in [-0.15, -0.1) is 0 Å². The minimum Gasteiger partial charge on any atom is -0.476 e. The number of rotatable bonds is 8. The highest BCUT2D eigenvalue weighted by molar-refractivity contribution is 7.99. The topological polar surface area (TPSA) is 34.1 Å². The third kappa shape index (κ3) is 4.75. The normalized spacial score (nSPS) is 10.1. The summed E-state index contributed by atoms with van der Waals surface area (Å²) in [5.41, 5.74) is 0.992. The Hall–Kier alpha value is -0.900. The first-order valence-corrected chi connectivity index (χ1v) is 6.93. The van der Waals surface area contributed by atoms with Gasteiger partial charge in [0.15, 0.2) is 0 Å². The molecule has 0 unspecified atom stereocenters. The fraction of sp³-hybridized carbons (Fsp3) is 0.583. The maximum absolute atomic E-state index is 5.44. The smallest absolute Gasteiger partial charge is 0.237 e. The SMILES string of the molecule is CCOc1ncccc1NCCCSCC. The zero-order valence-corrected chi connectivity index (χ0v) is 10.8. The van der Waals surface area contributed by atoms with Gasteiger partial charge in [0.05, 0.1) is 12.3 Å². The van der Waals surface area contributed by atoms with E-state index in [4.69, 9.17) is 4.74 Å². The van der Waals surface area contributed by atoms with E-state index in [-0.39, 0.29) is 0 Å². The molecule has 0 spiro atoms. The predicted molar refractivity (Wildman–Crippen MR) is 71.5 cm³/mol. The number of nitrogens with one attached hydrogen (secondary N) is 1. The zero-order chi connectivity index (χ0) is 11.6. The third-order valence-corrected chi connectivity index (χ3v) is 3.02. The molecule has 0 aliphatic heterocycles. The molecule has 3 nitrogen and oxygen atoms in total. The molecule has 0 aromatic carbocycles. The summed E-state index contributed by atoms with van der Waals surface area (Å²) in [5.74, 6) is 3.10. The molecule has 4 heteroatoms. The standard InChI is InChI=1S/C12H20N2OS/c1-3-15-12-11(7-5-8-14-12)13-9-6-10-16-4-2/h5,7-8,13H,3-4,6,9-10H2,1-2H3. The number of nitrogens with zero attached hydrogens (tertiary/aromatic N) is 1. The maximum Gasteiger partial charge on any atom is 0.237 e. The van der Waals surface area contributed by atoms with Gasteiger partial charge >= 0.3 is 0 Å². The molecular weight excluding hydrogens is 220 g/mol. The summed E-state index contributed by atoms with van der Waals surface area (Å²) < 4.78 is 5.44. The van der Waals surface area contributed by atoms with E-state index in [1.807, 2.05) is 30.8 Å². The van der Waals surface area contributed by atoms with Crippen molar-refractivity contribution in [2.24, 2.45) is 0 Å². The molecule has 1 aromatic rings. The van der Waals surface area contributed by atoms with Crippen LogP contribution < -0.4 is 10.1 Å². The number of hydrogen-bond acceptors (Lipinski definition) is 4. The number of ether oxygens (including phenoxy) is 1. The van der Waals surface area contributed by atoms with Crippen LogP contribution in [0.25, 0.3) is 0 Å². The first-order valence-electron chi connectivity index (χ1n) is 5.78. The molecule has 0 aliphatic rings. The van der Waals surface area contributed by atoms with Gasteiger partial charge in [0.25, 0.3) is 0 Å². The van der Waals surface area contributed by atoms with Crippen molar-refractivity contribution in [2.75, 3.05) is 30.0 Å². The Bertz CT molecular complexity index is 294. The second-order valence-electron chi connectivity index (χ2n) is 3.27. The lowest BCUT2D eigenvalue weighted by atomic mass is 10.4. The molecule has 0 saturated carbocycles. The van der Waals surface area contributed by atoms with Crippen LogP contribution in [0.1, 0.15) is 20.3 Å². The van der Waals surface area contributed by atoms with Crippen LogP contribution in [0.5, 0.6) is 5.88 Å². The van der Waals surface area contributed by atoms with Crippen molar-refractivity contribution in [1.29, 1.82) is 0 Å². The largest absolute Gasteiger partial charge is 0.476 e. The average Bonchev–Trinajstić information content (AvgIpc) is 2.31. The predicted octanol–water partition coefficient (Wildman–Crippen LogP) is 3.04. The van der Waals surface area contributed by atoms with Crippen LogP contribution in [-0.4, -0.2) is 29.6 Å². The van der Waals surface area contributed by atoms with Crippen LogP contribution in [0, 0.1) is 0 Å². The van der Waals surface area contributed by atoms with Crippen LogP contribution in [0.3, 0.4) is 0 Å². The molecule has 1 rings (SSSR count). The van der Waals surface area contributed by atoms with Crippen molar-refractivity contribution in [1.82, 2.24) is 4.98 Å². The van der Waals surface area contributed by atoms with Gasteiger partial charge in [0.1, 0.15) is 0 Å². The van der Waals surface area contributed by atoms with E-state index in [1.165, 1.54) is 17.9 Å². The number of hydrogen-bond donors (Lipinski definition) is 1. The number of thioether (sulfide) groups is 1. The minimum atomic E-state index is 0.650. The Balaban J connectivity index is 2.34. The highest BCUT2D eigenvalue weighted by Crippen LogP contribution is 2.20. The second-order valence-corrected chi connectivity index (χ2v) is 4.66. The summed E-state index contributed by atoms with van der Waals surface area (Å²) >= 11 is 1.97. The van der Waals surface area contributed by atoms with Gasteiger partial charge in [-0.3, -0.25) is 0 Å². The van der Waals surface area contributed by atoms with Crippen molar-refractivity contribution in [3.05, 3.63) is 18.3 Å². The maximum atomic E-state index is 5.44. The monoisotopic (exact) mass is 240 g/mol. The molecule has 1 aromatic heterocycles. The van der Waals surface area contributed by atoms with Gasteiger partial charge in [-0.05, 0) is 37.0 Å². The lowest BCUT2D eigenvalue weighted by molar-refractivity contribution is 0.328. The van der Waals surface area contributed by atoms with E-state index in [9.17, 15) is 0 Å². The number of aromatic nitrogens is 1. The van der Waals surface area contributed by atoms with Crippen molar-refractivity contribution >= 4 is 17.4 Å². The number of pyridine rings is 1. The molecule has 0 radical (unpaired) electrons. The molecule has 1 heterocycles. The summed E-state index contributed by atoms with van der Waals surface area (Å²) in [5, 5.41) is 3.36. The molecule has 0 atom stereocenters. The first kappa shape index (κ1) is 13.2. The molecular formula is C12H20N2OS. The number of anilines is 1. The summed E-state index contributed by atoms with van der Waals surface area (Å²) in [7, 11) is 0. The van der Waals surface area contributed by atoms with E-state index in [2.05, 4.69) is 17.2 Å². The van der Waals surface area contributed by atoms with Crippen LogP contribution >= 0.6 is 11.8 Å². The molecule has 0 saturated heterocycles. The van der Waals surface area contributed by atoms with Crippen LogP contribution in [0.4, 0.5) is 5.69 Å². The van der Waals surface area contributed by atoms with Crippen LogP contribution in [0.2, 0.25) is 0 Å². The fourth-order valence-corrected chi connectivity index (χ4v) is 1.96. The Kier molecular flexibility index (Phi) is 6.81.